The number of aliphatic hydroxyl groups is 1. The number of ether oxygens (including phenoxy) is 1. The average molecular weight is 441 g/mol. The van der Waals surface area contributed by atoms with E-state index in [9.17, 15) is 5.11 Å². The van der Waals surface area contributed by atoms with E-state index in [1.165, 1.54) is 11.1 Å². The van der Waals surface area contributed by atoms with Gasteiger partial charge >= 0.3 is 0 Å². The van der Waals surface area contributed by atoms with E-state index in [-0.39, 0.29) is 12.7 Å². The second-order valence-corrected chi connectivity index (χ2v) is 8.31. The number of anilines is 3. The minimum Gasteiger partial charge on any atom is -0.394 e. The highest BCUT2D eigenvalue weighted by Gasteiger charge is 2.20. The Morgan fingerprint density at radius 1 is 1.15 bits per heavy atom. The molecule has 1 atom stereocenters. The van der Waals surface area contributed by atoms with Crippen molar-refractivity contribution >= 4 is 29.1 Å². The van der Waals surface area contributed by atoms with Gasteiger partial charge in [0.15, 0.2) is 11.5 Å². The van der Waals surface area contributed by atoms with Crippen molar-refractivity contribution in [2.75, 3.05) is 36.5 Å². The van der Waals surface area contributed by atoms with Crippen LogP contribution in [0.4, 0.5) is 17.2 Å². The number of aliphatic imine (C=N–C) groups is 1. The van der Waals surface area contributed by atoms with Crippen molar-refractivity contribution < 1.29 is 9.84 Å². The SMILES string of the molecule is OC[C@@H]1CN(c2ccc(Nc3nc(-c4ccc5c(c4)CN=C5)cn4ccnc34)cc2)CCO1. The third-order valence-electron chi connectivity index (χ3n) is 6.14. The first-order valence-electron chi connectivity index (χ1n) is 11.1. The first-order valence-corrected chi connectivity index (χ1v) is 11.1. The minimum atomic E-state index is -0.136. The number of hydrogen-bond donors (Lipinski definition) is 2. The Hall–Kier alpha value is -3.75. The number of aliphatic hydroxyl groups excluding tert-OH is 1. The summed E-state index contributed by atoms with van der Waals surface area (Å²) in [4.78, 5) is 16.0. The molecule has 0 unspecified atom stereocenters. The van der Waals surface area contributed by atoms with Gasteiger partial charge in [-0.2, -0.15) is 0 Å². The van der Waals surface area contributed by atoms with Crippen molar-refractivity contribution in [2.45, 2.75) is 12.6 Å². The number of fused-ring (bicyclic) bond motifs is 2. The van der Waals surface area contributed by atoms with Gasteiger partial charge in [0.05, 0.1) is 31.6 Å². The molecular formula is C25H24N6O2. The van der Waals surface area contributed by atoms with Gasteiger partial charge in [-0.3, -0.25) is 4.99 Å². The maximum atomic E-state index is 9.40. The number of benzene rings is 2. The number of nitrogens with zero attached hydrogens (tertiary/aromatic N) is 5. The molecule has 0 amide bonds. The predicted molar refractivity (Wildman–Crippen MR) is 128 cm³/mol. The lowest BCUT2D eigenvalue weighted by Crippen LogP contribution is -2.44. The van der Waals surface area contributed by atoms with E-state index in [2.05, 4.69) is 50.5 Å². The maximum absolute atomic E-state index is 9.40. The molecule has 33 heavy (non-hydrogen) atoms. The molecule has 1 fully saturated rings. The summed E-state index contributed by atoms with van der Waals surface area (Å²) >= 11 is 0. The van der Waals surface area contributed by atoms with Crippen molar-refractivity contribution in [1.82, 2.24) is 14.4 Å². The van der Waals surface area contributed by atoms with Crippen molar-refractivity contribution in [2.24, 2.45) is 4.99 Å². The second kappa shape index (κ2) is 8.31. The highest BCUT2D eigenvalue weighted by Crippen LogP contribution is 2.28. The van der Waals surface area contributed by atoms with Crippen molar-refractivity contribution in [3.05, 3.63) is 72.2 Å². The third-order valence-corrected chi connectivity index (χ3v) is 6.14. The number of morpholine rings is 1. The van der Waals surface area contributed by atoms with Gasteiger partial charge in [0.2, 0.25) is 0 Å². The molecule has 166 valence electrons. The molecule has 4 aromatic rings. The Kier molecular flexibility index (Phi) is 5.01. The van der Waals surface area contributed by atoms with Crippen molar-refractivity contribution in [1.29, 1.82) is 0 Å². The fraction of sp³-hybridized carbons (Fsp3) is 0.240. The molecule has 0 aliphatic carbocycles. The third kappa shape index (κ3) is 3.83. The summed E-state index contributed by atoms with van der Waals surface area (Å²) in [5.74, 6) is 0.703. The number of hydrogen-bond acceptors (Lipinski definition) is 7. The second-order valence-electron chi connectivity index (χ2n) is 8.31. The summed E-state index contributed by atoms with van der Waals surface area (Å²) in [7, 11) is 0. The van der Waals surface area contributed by atoms with Gasteiger partial charge in [-0.1, -0.05) is 12.1 Å². The summed E-state index contributed by atoms with van der Waals surface area (Å²) in [5, 5.41) is 12.8. The Labute approximate surface area is 191 Å². The van der Waals surface area contributed by atoms with Crippen LogP contribution in [0.1, 0.15) is 11.1 Å². The van der Waals surface area contributed by atoms with Crippen LogP contribution in [-0.2, 0) is 11.3 Å². The normalized spacial score (nSPS) is 17.5. The number of nitrogens with one attached hydrogen (secondary N) is 1. The molecule has 4 heterocycles. The molecule has 6 rings (SSSR count). The quantitative estimate of drug-likeness (QED) is 0.495. The largest absolute Gasteiger partial charge is 0.394 e. The van der Waals surface area contributed by atoms with Crippen LogP contribution in [0, 0.1) is 0 Å². The molecule has 2 N–H and O–H groups in total. The zero-order valence-corrected chi connectivity index (χ0v) is 18.1. The lowest BCUT2D eigenvalue weighted by molar-refractivity contribution is 0.00357. The lowest BCUT2D eigenvalue weighted by Gasteiger charge is -2.33. The van der Waals surface area contributed by atoms with E-state index in [0.717, 1.165) is 41.4 Å². The topological polar surface area (TPSA) is 87.3 Å². The summed E-state index contributed by atoms with van der Waals surface area (Å²) in [6.45, 7) is 2.88. The van der Waals surface area contributed by atoms with Gasteiger partial charge in [-0.15, -0.1) is 0 Å². The van der Waals surface area contributed by atoms with Gasteiger partial charge in [-0.05, 0) is 41.5 Å². The first kappa shape index (κ1) is 19.9. The van der Waals surface area contributed by atoms with Crippen LogP contribution in [0.3, 0.4) is 0 Å². The predicted octanol–water partition coefficient (Wildman–Crippen LogP) is 3.27. The van der Waals surface area contributed by atoms with E-state index >= 15 is 0 Å². The molecule has 2 aromatic carbocycles. The summed E-state index contributed by atoms with van der Waals surface area (Å²) in [5.41, 5.74) is 7.13. The summed E-state index contributed by atoms with van der Waals surface area (Å²) in [6, 6.07) is 14.6. The zero-order valence-electron chi connectivity index (χ0n) is 18.1. The smallest absolute Gasteiger partial charge is 0.180 e. The average Bonchev–Trinajstić information content (AvgIpc) is 3.53. The van der Waals surface area contributed by atoms with Crippen LogP contribution in [0.25, 0.3) is 16.9 Å². The Morgan fingerprint density at radius 2 is 2.06 bits per heavy atom. The number of aromatic nitrogens is 3. The lowest BCUT2D eigenvalue weighted by atomic mass is 10.0. The van der Waals surface area contributed by atoms with Crippen LogP contribution in [0.5, 0.6) is 0 Å². The summed E-state index contributed by atoms with van der Waals surface area (Å²) in [6.07, 6.45) is 7.50. The minimum absolute atomic E-state index is 0.0374. The maximum Gasteiger partial charge on any atom is 0.180 e. The highest BCUT2D eigenvalue weighted by molar-refractivity contribution is 5.86. The van der Waals surface area contributed by atoms with Crippen LogP contribution in [0.2, 0.25) is 0 Å². The molecular weight excluding hydrogens is 416 g/mol. The highest BCUT2D eigenvalue weighted by atomic mass is 16.5. The van der Waals surface area contributed by atoms with Gasteiger partial charge in [0, 0.05) is 54.8 Å². The molecule has 2 aromatic heterocycles. The first-order chi connectivity index (χ1) is 16.3. The van der Waals surface area contributed by atoms with Crippen LogP contribution in [-0.4, -0.2) is 58.1 Å². The van der Waals surface area contributed by atoms with Crippen molar-refractivity contribution in [3.8, 4) is 11.3 Å². The van der Waals surface area contributed by atoms with Crippen LogP contribution in [0.15, 0.2) is 66.0 Å². The molecule has 0 radical (unpaired) electrons. The van der Waals surface area contributed by atoms with Crippen LogP contribution < -0.4 is 10.2 Å². The van der Waals surface area contributed by atoms with E-state index in [1.54, 1.807) is 6.20 Å². The molecule has 1 saturated heterocycles. The molecule has 8 nitrogen and oxygen atoms in total. The standard InChI is InChI=1S/C25H24N6O2/c32-16-22-14-30(9-10-33-22)21-5-3-20(4-6-21)28-24-25-27-7-8-31(25)15-23(29-24)17-1-2-18-12-26-13-19(18)11-17/h1-8,11-12,15,22,32H,9-10,13-14,16H2,(H,28,29)/t22-/m0/s1. The fourth-order valence-corrected chi connectivity index (χ4v) is 4.38. The summed E-state index contributed by atoms with van der Waals surface area (Å²) < 4.78 is 7.55. The van der Waals surface area contributed by atoms with Crippen LogP contribution >= 0.6 is 0 Å². The molecule has 8 heteroatoms. The zero-order chi connectivity index (χ0) is 22.2. The fourth-order valence-electron chi connectivity index (χ4n) is 4.38. The van der Waals surface area contributed by atoms with Gasteiger partial charge in [-0.25, -0.2) is 9.97 Å². The van der Waals surface area contributed by atoms with Gasteiger partial charge < -0.3 is 24.5 Å². The Bertz CT molecular complexity index is 1330. The Morgan fingerprint density at radius 3 is 2.94 bits per heavy atom. The van der Waals surface area contributed by atoms with Gasteiger partial charge in [0.1, 0.15) is 0 Å². The van der Waals surface area contributed by atoms with E-state index in [4.69, 9.17) is 9.72 Å². The number of rotatable bonds is 5. The number of imidazole rings is 1. The molecule has 2 aliphatic heterocycles. The monoisotopic (exact) mass is 440 g/mol. The molecule has 0 saturated carbocycles. The van der Waals surface area contributed by atoms with Crippen molar-refractivity contribution in [3.63, 3.8) is 0 Å². The van der Waals surface area contributed by atoms with Gasteiger partial charge in [0.25, 0.3) is 0 Å². The van der Waals surface area contributed by atoms with E-state index < -0.39 is 0 Å². The molecule has 2 aliphatic rings. The Balaban J connectivity index is 1.28. The molecule has 0 bridgehead atoms. The molecule has 0 spiro atoms. The van der Waals surface area contributed by atoms with E-state index in [0.29, 0.717) is 19.0 Å². The van der Waals surface area contributed by atoms with E-state index in [1.807, 2.05) is 35.1 Å².